The Bertz CT molecular complexity index is 82.0. The molecule has 2 nitrogen and oxygen atoms in total. The Hall–Kier alpha value is -0.840. The van der Waals surface area contributed by atoms with E-state index >= 15 is 0 Å². The Morgan fingerprint density at radius 1 is 1.83 bits per heavy atom. The summed E-state index contributed by atoms with van der Waals surface area (Å²) in [6.07, 6.45) is 1.50. The first-order valence-electron chi connectivity index (χ1n) is 1.58. The van der Waals surface area contributed by atoms with Crippen molar-refractivity contribution in [1.82, 2.24) is 0 Å². The zero-order valence-electron chi connectivity index (χ0n) is 3.43. The third-order valence-corrected chi connectivity index (χ3v) is 0.370. The van der Waals surface area contributed by atoms with Crippen LogP contribution in [0.25, 0.3) is 0 Å². The molecule has 0 saturated carbocycles. The Kier molecular flexibility index (Phi) is 2.06. The summed E-state index contributed by atoms with van der Waals surface area (Å²) < 4.78 is 0. The molecule has 0 fully saturated rings. The molecule has 1 unspecified atom stereocenters. The maximum atomic E-state index is 9.39. The van der Waals surface area contributed by atoms with Crippen LogP contribution < -0.4 is 0 Å². The van der Waals surface area contributed by atoms with E-state index in [1.807, 2.05) is 0 Å². The van der Waals surface area contributed by atoms with Crippen LogP contribution in [-0.2, 0) is 4.79 Å². The quantitative estimate of drug-likeness (QED) is 0.455. The molecular formula is C4H4NO. The second kappa shape index (κ2) is 2.40. The van der Waals surface area contributed by atoms with E-state index in [1.165, 1.54) is 13.2 Å². The molecule has 0 aliphatic carbocycles. The average molecular weight is 82.1 g/mol. The zero-order chi connectivity index (χ0) is 4.99. The van der Waals surface area contributed by atoms with Crippen molar-refractivity contribution in [2.24, 2.45) is 5.92 Å². The Morgan fingerprint density at radius 2 is 2.33 bits per heavy atom. The van der Waals surface area contributed by atoms with E-state index in [1.54, 1.807) is 6.07 Å². The lowest BCUT2D eigenvalue weighted by molar-refractivity contribution is 0.544. The number of nitrogens with zero attached hydrogens (tertiary/aromatic N) is 1. The molecule has 2 heteroatoms. The highest BCUT2D eigenvalue weighted by Crippen LogP contribution is 1.79. The Morgan fingerprint density at radius 3 is 2.33 bits per heavy atom. The molecule has 0 aliphatic heterocycles. The molecule has 0 spiro atoms. The fourth-order valence-corrected chi connectivity index (χ4v) is 0.0264. The van der Waals surface area contributed by atoms with Crippen molar-refractivity contribution in [2.45, 2.75) is 6.92 Å². The predicted molar refractivity (Wildman–Crippen MR) is 20.5 cm³/mol. The van der Waals surface area contributed by atoms with Gasteiger partial charge in [0.2, 0.25) is 6.29 Å². The Labute approximate surface area is 36.4 Å². The summed E-state index contributed by atoms with van der Waals surface area (Å²) in [5.41, 5.74) is 0. The first-order chi connectivity index (χ1) is 2.81. The summed E-state index contributed by atoms with van der Waals surface area (Å²) in [7, 11) is 0. The van der Waals surface area contributed by atoms with Gasteiger partial charge in [0, 0.05) is 0 Å². The van der Waals surface area contributed by atoms with Crippen LogP contribution in [0.2, 0.25) is 0 Å². The lowest BCUT2D eigenvalue weighted by Crippen LogP contribution is -1.86. The molecule has 0 saturated heterocycles. The van der Waals surface area contributed by atoms with Crippen LogP contribution in [-0.4, -0.2) is 6.29 Å². The smallest absolute Gasteiger partial charge is 0.216 e. The van der Waals surface area contributed by atoms with Crippen molar-refractivity contribution >= 4 is 6.29 Å². The number of hydrogen-bond acceptors (Lipinski definition) is 2. The summed E-state index contributed by atoms with van der Waals surface area (Å²) in [6, 6.07) is 1.69. The third-order valence-electron chi connectivity index (χ3n) is 0.370. The largest absolute Gasteiger partial charge is 0.289 e. The monoisotopic (exact) mass is 82.0 g/mol. The van der Waals surface area contributed by atoms with Crippen molar-refractivity contribution in [2.75, 3.05) is 0 Å². The molecular weight excluding hydrogens is 78.1 g/mol. The molecule has 0 rings (SSSR count). The zero-order valence-corrected chi connectivity index (χ0v) is 3.43. The third kappa shape index (κ3) is 1.48. The van der Waals surface area contributed by atoms with Gasteiger partial charge in [-0.25, -0.2) is 0 Å². The van der Waals surface area contributed by atoms with E-state index in [-0.39, 0.29) is 0 Å². The van der Waals surface area contributed by atoms with Gasteiger partial charge in [0.15, 0.2) is 0 Å². The van der Waals surface area contributed by atoms with Gasteiger partial charge in [-0.1, -0.05) is 0 Å². The first kappa shape index (κ1) is 5.16. The van der Waals surface area contributed by atoms with Crippen LogP contribution in [0.4, 0.5) is 0 Å². The fourth-order valence-electron chi connectivity index (χ4n) is 0.0264. The molecule has 0 aromatic heterocycles. The maximum absolute atomic E-state index is 9.39. The minimum absolute atomic E-state index is 0.565. The predicted octanol–water partition coefficient (Wildman–Crippen LogP) is 0.256. The molecule has 0 bridgehead atoms. The molecule has 0 aromatic carbocycles. The minimum Gasteiger partial charge on any atom is -0.289 e. The molecule has 1 atom stereocenters. The minimum atomic E-state index is -0.565. The van der Waals surface area contributed by atoms with Crippen molar-refractivity contribution < 1.29 is 4.79 Å². The van der Waals surface area contributed by atoms with Crippen molar-refractivity contribution in [3.05, 3.63) is 0 Å². The van der Waals surface area contributed by atoms with Crippen molar-refractivity contribution in [1.29, 1.82) is 5.26 Å². The summed E-state index contributed by atoms with van der Waals surface area (Å²) >= 11 is 0. The van der Waals surface area contributed by atoms with Gasteiger partial charge >= 0.3 is 0 Å². The van der Waals surface area contributed by atoms with Gasteiger partial charge in [0.05, 0.1) is 6.07 Å². The lowest BCUT2D eigenvalue weighted by atomic mass is 10.2. The van der Waals surface area contributed by atoms with E-state index in [4.69, 9.17) is 5.26 Å². The Balaban J connectivity index is 3.30. The van der Waals surface area contributed by atoms with Gasteiger partial charge in [-0.3, -0.25) is 4.79 Å². The van der Waals surface area contributed by atoms with Gasteiger partial charge in [0.1, 0.15) is 5.92 Å². The molecule has 0 heterocycles. The van der Waals surface area contributed by atoms with E-state index < -0.39 is 5.92 Å². The van der Waals surface area contributed by atoms with E-state index in [0.29, 0.717) is 0 Å². The summed E-state index contributed by atoms with van der Waals surface area (Å²) in [6.45, 7) is 1.49. The summed E-state index contributed by atoms with van der Waals surface area (Å²) in [5, 5.41) is 7.82. The van der Waals surface area contributed by atoms with E-state index in [0.717, 1.165) is 0 Å². The van der Waals surface area contributed by atoms with Gasteiger partial charge < -0.3 is 0 Å². The number of rotatable bonds is 1. The second-order valence-electron chi connectivity index (χ2n) is 0.969. The van der Waals surface area contributed by atoms with Crippen LogP contribution in [0.3, 0.4) is 0 Å². The van der Waals surface area contributed by atoms with Gasteiger partial charge in [0.25, 0.3) is 0 Å². The van der Waals surface area contributed by atoms with Gasteiger partial charge in [-0.15, -0.1) is 0 Å². The topological polar surface area (TPSA) is 40.9 Å². The molecule has 0 aliphatic rings. The molecule has 0 N–H and O–H groups in total. The maximum Gasteiger partial charge on any atom is 0.216 e. The standard InChI is InChI=1S/C4H4NO/c1-4(2-5)3-6/h4H,1H3. The van der Waals surface area contributed by atoms with Gasteiger partial charge in [-0.05, 0) is 6.92 Å². The summed E-state index contributed by atoms with van der Waals surface area (Å²) in [4.78, 5) is 9.39. The van der Waals surface area contributed by atoms with Crippen LogP contribution in [0.15, 0.2) is 0 Å². The molecule has 1 radical (unpaired) electrons. The molecule has 0 amide bonds. The molecule has 31 valence electrons. The number of nitriles is 1. The molecule has 0 aromatic rings. The second-order valence-corrected chi connectivity index (χ2v) is 0.969. The number of hydrogen-bond donors (Lipinski definition) is 0. The molecule has 6 heavy (non-hydrogen) atoms. The average Bonchev–Trinajstić information content (AvgIpc) is 1.65. The van der Waals surface area contributed by atoms with Crippen LogP contribution >= 0.6 is 0 Å². The highest BCUT2D eigenvalue weighted by Gasteiger charge is 1.91. The van der Waals surface area contributed by atoms with E-state index in [9.17, 15) is 4.79 Å². The van der Waals surface area contributed by atoms with E-state index in [2.05, 4.69) is 0 Å². The van der Waals surface area contributed by atoms with Crippen LogP contribution in [0, 0.1) is 17.2 Å². The number of carbonyl (C=O) groups excluding carboxylic acids is 1. The summed E-state index contributed by atoms with van der Waals surface area (Å²) in [5.74, 6) is -0.565. The SMILES string of the molecule is CC([C]=O)C#N. The van der Waals surface area contributed by atoms with Crippen LogP contribution in [0.1, 0.15) is 6.92 Å². The van der Waals surface area contributed by atoms with Crippen LogP contribution in [0.5, 0.6) is 0 Å². The van der Waals surface area contributed by atoms with Crippen molar-refractivity contribution in [3.8, 4) is 6.07 Å². The first-order valence-corrected chi connectivity index (χ1v) is 1.58. The normalized spacial score (nSPS) is 12.0. The lowest BCUT2D eigenvalue weighted by Gasteiger charge is -1.73. The fraction of sp³-hybridized carbons (Fsp3) is 0.500. The van der Waals surface area contributed by atoms with Crippen molar-refractivity contribution in [3.63, 3.8) is 0 Å². The highest BCUT2D eigenvalue weighted by molar-refractivity contribution is 5.57. The van der Waals surface area contributed by atoms with Gasteiger partial charge in [-0.2, -0.15) is 5.26 Å². The highest BCUT2D eigenvalue weighted by atomic mass is 16.1.